The molecule has 0 fully saturated rings. The fourth-order valence-corrected chi connectivity index (χ4v) is 2.01. The summed E-state index contributed by atoms with van der Waals surface area (Å²) in [6, 6.07) is 9.66. The molecule has 7 heteroatoms. The predicted octanol–water partition coefficient (Wildman–Crippen LogP) is 4.15. The van der Waals surface area contributed by atoms with E-state index in [2.05, 4.69) is 4.74 Å². The fourth-order valence-electron chi connectivity index (χ4n) is 2.01. The molecule has 0 aliphatic carbocycles. The van der Waals surface area contributed by atoms with Gasteiger partial charge >= 0.3 is 12.3 Å². The summed E-state index contributed by atoms with van der Waals surface area (Å²) < 4.78 is 40.6. The highest BCUT2D eigenvalue weighted by Crippen LogP contribution is 2.31. The minimum absolute atomic E-state index is 0.178. The number of ether oxygens (including phenoxy) is 1. The molecule has 2 aromatic carbocycles. The summed E-state index contributed by atoms with van der Waals surface area (Å²) in [7, 11) is 0. The van der Waals surface area contributed by atoms with Gasteiger partial charge in [-0.1, -0.05) is 24.3 Å². The standard InChI is InChI=1S/C16H11F3O4/c1-9(20)10-3-2-4-11(7-10)12-5-6-14(23-16(17,18)19)13(8-12)15(21)22/h2-8H,1H3,(H,21,22). The monoisotopic (exact) mass is 324 g/mol. The molecule has 0 atom stereocenters. The quantitative estimate of drug-likeness (QED) is 0.858. The zero-order valence-electron chi connectivity index (χ0n) is 11.8. The summed E-state index contributed by atoms with van der Waals surface area (Å²) in [6.45, 7) is 1.38. The number of aromatic carboxylic acids is 1. The van der Waals surface area contributed by atoms with E-state index in [0.29, 0.717) is 16.7 Å². The summed E-state index contributed by atoms with van der Waals surface area (Å²) in [4.78, 5) is 22.5. The molecule has 0 bridgehead atoms. The Morgan fingerprint density at radius 3 is 2.26 bits per heavy atom. The molecule has 0 aliphatic rings. The number of carboxylic acid groups (broad SMARTS) is 1. The van der Waals surface area contributed by atoms with Crippen molar-refractivity contribution in [3.05, 3.63) is 53.6 Å². The van der Waals surface area contributed by atoms with E-state index in [0.717, 1.165) is 12.1 Å². The van der Waals surface area contributed by atoms with Crippen LogP contribution >= 0.6 is 0 Å². The lowest BCUT2D eigenvalue weighted by Gasteiger charge is -2.12. The molecular formula is C16H11F3O4. The Labute approximate surface area is 129 Å². The summed E-state index contributed by atoms with van der Waals surface area (Å²) in [6.07, 6.45) is -4.99. The van der Waals surface area contributed by atoms with Crippen molar-refractivity contribution in [2.45, 2.75) is 13.3 Å². The Kier molecular flexibility index (Phi) is 4.40. The van der Waals surface area contributed by atoms with Crippen LogP contribution < -0.4 is 4.74 Å². The average molecular weight is 324 g/mol. The first kappa shape index (κ1) is 16.5. The smallest absolute Gasteiger partial charge is 0.478 e. The Balaban J connectivity index is 2.49. The number of benzene rings is 2. The normalized spacial score (nSPS) is 11.1. The number of alkyl halides is 3. The minimum atomic E-state index is -4.99. The number of rotatable bonds is 4. The molecule has 0 heterocycles. The highest BCUT2D eigenvalue weighted by Gasteiger charge is 2.33. The van der Waals surface area contributed by atoms with Crippen LogP contribution in [0.1, 0.15) is 27.6 Å². The van der Waals surface area contributed by atoms with Crippen LogP contribution in [0.2, 0.25) is 0 Å². The topological polar surface area (TPSA) is 63.6 Å². The van der Waals surface area contributed by atoms with Crippen LogP contribution in [-0.2, 0) is 0 Å². The molecule has 2 rings (SSSR count). The first-order valence-corrected chi connectivity index (χ1v) is 6.42. The average Bonchev–Trinajstić information content (AvgIpc) is 2.46. The van der Waals surface area contributed by atoms with Gasteiger partial charge in [-0.15, -0.1) is 13.2 Å². The maximum atomic E-state index is 12.3. The zero-order valence-corrected chi connectivity index (χ0v) is 11.8. The van der Waals surface area contributed by atoms with E-state index in [4.69, 9.17) is 5.11 Å². The molecule has 0 aromatic heterocycles. The van der Waals surface area contributed by atoms with Crippen molar-refractivity contribution in [2.24, 2.45) is 0 Å². The molecule has 1 N–H and O–H groups in total. The van der Waals surface area contributed by atoms with Gasteiger partial charge in [-0.3, -0.25) is 4.79 Å². The van der Waals surface area contributed by atoms with Crippen molar-refractivity contribution < 1.29 is 32.6 Å². The van der Waals surface area contributed by atoms with E-state index in [1.807, 2.05) is 0 Å². The van der Waals surface area contributed by atoms with Crippen LogP contribution in [0.25, 0.3) is 11.1 Å². The van der Waals surface area contributed by atoms with Gasteiger partial charge < -0.3 is 9.84 Å². The van der Waals surface area contributed by atoms with Gasteiger partial charge in [0.05, 0.1) is 0 Å². The molecule has 0 saturated carbocycles. The third-order valence-electron chi connectivity index (χ3n) is 3.04. The maximum Gasteiger partial charge on any atom is 0.573 e. The van der Waals surface area contributed by atoms with E-state index in [1.54, 1.807) is 18.2 Å². The molecule has 0 spiro atoms. The van der Waals surface area contributed by atoms with Crippen LogP contribution in [0, 0.1) is 0 Å². The summed E-state index contributed by atoms with van der Waals surface area (Å²) in [5, 5.41) is 9.08. The molecule has 0 saturated heterocycles. The van der Waals surface area contributed by atoms with E-state index < -0.39 is 23.6 Å². The van der Waals surface area contributed by atoms with Gasteiger partial charge in [0.25, 0.3) is 0 Å². The highest BCUT2D eigenvalue weighted by molar-refractivity contribution is 5.96. The molecule has 0 radical (unpaired) electrons. The summed E-state index contributed by atoms with van der Waals surface area (Å²) >= 11 is 0. The van der Waals surface area contributed by atoms with E-state index in [9.17, 15) is 22.8 Å². The largest absolute Gasteiger partial charge is 0.573 e. The number of hydrogen-bond donors (Lipinski definition) is 1. The van der Waals surface area contributed by atoms with Crippen LogP contribution in [-0.4, -0.2) is 23.2 Å². The number of ketones is 1. The van der Waals surface area contributed by atoms with Gasteiger partial charge in [-0.05, 0) is 36.2 Å². The first-order valence-electron chi connectivity index (χ1n) is 6.42. The van der Waals surface area contributed by atoms with Gasteiger partial charge in [0.15, 0.2) is 5.78 Å². The SMILES string of the molecule is CC(=O)c1cccc(-c2ccc(OC(F)(F)F)c(C(=O)O)c2)c1. The number of halogens is 3. The molecule has 2 aromatic rings. The van der Waals surface area contributed by atoms with Gasteiger partial charge in [0, 0.05) is 5.56 Å². The van der Waals surface area contributed by atoms with Crippen molar-refractivity contribution in [1.29, 1.82) is 0 Å². The van der Waals surface area contributed by atoms with E-state index in [-0.39, 0.29) is 5.78 Å². The Morgan fingerprint density at radius 2 is 1.70 bits per heavy atom. The number of hydrogen-bond acceptors (Lipinski definition) is 3. The van der Waals surface area contributed by atoms with Crippen molar-refractivity contribution in [3.63, 3.8) is 0 Å². The van der Waals surface area contributed by atoms with Gasteiger partial charge in [0.2, 0.25) is 0 Å². The lowest BCUT2D eigenvalue weighted by Crippen LogP contribution is -2.19. The van der Waals surface area contributed by atoms with E-state index in [1.165, 1.54) is 19.1 Å². The van der Waals surface area contributed by atoms with Gasteiger partial charge in [-0.2, -0.15) is 0 Å². The second kappa shape index (κ2) is 6.12. The van der Waals surface area contributed by atoms with Crippen molar-refractivity contribution in [2.75, 3.05) is 0 Å². The zero-order chi connectivity index (χ0) is 17.2. The molecule has 23 heavy (non-hydrogen) atoms. The van der Waals surface area contributed by atoms with Gasteiger partial charge in [0.1, 0.15) is 11.3 Å². The Hall–Kier alpha value is -2.83. The summed E-state index contributed by atoms with van der Waals surface area (Å²) in [5.41, 5.74) is 0.668. The highest BCUT2D eigenvalue weighted by atomic mass is 19.4. The van der Waals surface area contributed by atoms with Crippen LogP contribution in [0.5, 0.6) is 5.75 Å². The predicted molar refractivity (Wildman–Crippen MR) is 75.5 cm³/mol. The number of carboxylic acids is 1. The van der Waals surface area contributed by atoms with Crippen molar-refractivity contribution >= 4 is 11.8 Å². The van der Waals surface area contributed by atoms with Crippen molar-refractivity contribution in [1.82, 2.24) is 0 Å². The van der Waals surface area contributed by atoms with Crippen molar-refractivity contribution in [3.8, 4) is 16.9 Å². The van der Waals surface area contributed by atoms with Crippen LogP contribution in [0.15, 0.2) is 42.5 Å². The molecule has 0 unspecified atom stereocenters. The molecule has 4 nitrogen and oxygen atoms in total. The Bertz CT molecular complexity index is 766. The molecule has 0 amide bonds. The molecule has 0 aliphatic heterocycles. The second-order valence-corrected chi connectivity index (χ2v) is 4.70. The number of Topliss-reactive ketones (excluding diaryl/α,β-unsaturated/α-hetero) is 1. The van der Waals surface area contributed by atoms with Crippen LogP contribution in [0.4, 0.5) is 13.2 Å². The minimum Gasteiger partial charge on any atom is -0.478 e. The lowest BCUT2D eigenvalue weighted by atomic mass is 9.99. The fraction of sp³-hybridized carbons (Fsp3) is 0.125. The third-order valence-corrected chi connectivity index (χ3v) is 3.04. The first-order chi connectivity index (χ1) is 10.7. The van der Waals surface area contributed by atoms with Gasteiger partial charge in [-0.25, -0.2) is 4.79 Å². The van der Waals surface area contributed by atoms with Crippen LogP contribution in [0.3, 0.4) is 0 Å². The number of carbonyl (C=O) groups excluding carboxylic acids is 1. The maximum absolute atomic E-state index is 12.3. The molecular weight excluding hydrogens is 313 g/mol. The molecule has 120 valence electrons. The Morgan fingerprint density at radius 1 is 1.04 bits per heavy atom. The third kappa shape index (κ3) is 4.09. The second-order valence-electron chi connectivity index (χ2n) is 4.70. The summed E-state index contributed by atoms with van der Waals surface area (Å²) in [5.74, 6) is -2.52. The lowest BCUT2D eigenvalue weighted by molar-refractivity contribution is -0.274. The number of carbonyl (C=O) groups is 2. The van der Waals surface area contributed by atoms with E-state index >= 15 is 0 Å².